The van der Waals surface area contributed by atoms with Crippen molar-refractivity contribution < 1.29 is 4.79 Å². The van der Waals surface area contributed by atoms with Crippen molar-refractivity contribution in [3.63, 3.8) is 0 Å². The maximum atomic E-state index is 11.9. The summed E-state index contributed by atoms with van der Waals surface area (Å²) in [5.41, 5.74) is 1.14. The van der Waals surface area contributed by atoms with Crippen molar-refractivity contribution in [2.45, 2.75) is 32.2 Å². The molecule has 5 heteroatoms. The molecule has 0 bridgehead atoms. The van der Waals surface area contributed by atoms with E-state index in [0.717, 1.165) is 29.5 Å². The molecular weight excluding hydrogens is 340 g/mol. The largest absolute Gasteiger partial charge is 0.350 e. The van der Waals surface area contributed by atoms with Gasteiger partial charge in [-0.05, 0) is 56.5 Å². The first-order valence-electron chi connectivity index (χ1n) is 6.90. The van der Waals surface area contributed by atoms with Crippen molar-refractivity contribution >= 4 is 34.2 Å². The molecule has 2 rings (SSSR count). The predicted octanol–water partition coefficient (Wildman–Crippen LogP) is 3.44. The first-order valence-corrected chi connectivity index (χ1v) is 7.70. The minimum absolute atomic E-state index is 0. The quantitative estimate of drug-likeness (QED) is 0.843. The average Bonchev–Trinajstić information content (AvgIpc) is 2.90. The van der Waals surface area contributed by atoms with Crippen LogP contribution in [-0.4, -0.2) is 19.0 Å². The molecule has 20 heavy (non-hydrogen) atoms. The smallest absolute Gasteiger partial charge is 0.220 e. The van der Waals surface area contributed by atoms with Gasteiger partial charge in [0.15, 0.2) is 0 Å². The van der Waals surface area contributed by atoms with Crippen molar-refractivity contribution in [1.29, 1.82) is 0 Å². The molecule has 0 spiro atoms. The van der Waals surface area contributed by atoms with Crippen LogP contribution in [0.5, 0.6) is 0 Å². The number of halogens is 2. The second-order valence-corrected chi connectivity index (χ2v) is 6.15. The fourth-order valence-corrected chi connectivity index (χ4v) is 2.71. The summed E-state index contributed by atoms with van der Waals surface area (Å²) in [7, 11) is 0. The molecule has 3 nitrogen and oxygen atoms in total. The van der Waals surface area contributed by atoms with Gasteiger partial charge in [0.05, 0.1) is 6.04 Å². The Bertz CT molecular complexity index is 418. The van der Waals surface area contributed by atoms with Crippen molar-refractivity contribution in [3.8, 4) is 0 Å². The minimum atomic E-state index is 0. The molecular formula is C15H22BrClN2O. The summed E-state index contributed by atoms with van der Waals surface area (Å²) >= 11 is 3.41. The number of carbonyl (C=O) groups excluding carboxylic acids is 1. The highest BCUT2D eigenvalue weighted by Gasteiger charge is 2.16. The first kappa shape index (κ1) is 17.5. The molecule has 1 aliphatic rings. The Balaban J connectivity index is 0.00000200. The summed E-state index contributed by atoms with van der Waals surface area (Å²) < 4.78 is 1.06. The number of hydrogen-bond donors (Lipinski definition) is 2. The Morgan fingerprint density at radius 2 is 2.15 bits per heavy atom. The van der Waals surface area contributed by atoms with Crippen LogP contribution in [0.3, 0.4) is 0 Å². The molecule has 2 atom stereocenters. The Morgan fingerprint density at radius 1 is 1.45 bits per heavy atom. The summed E-state index contributed by atoms with van der Waals surface area (Å²) in [6.07, 6.45) is 2.83. The zero-order valence-electron chi connectivity index (χ0n) is 11.7. The van der Waals surface area contributed by atoms with E-state index in [1.165, 1.54) is 6.42 Å². The maximum absolute atomic E-state index is 11.9. The lowest BCUT2D eigenvalue weighted by molar-refractivity contribution is -0.122. The van der Waals surface area contributed by atoms with Gasteiger partial charge in [0, 0.05) is 10.9 Å². The lowest BCUT2D eigenvalue weighted by Gasteiger charge is -2.15. The second kappa shape index (κ2) is 8.65. The summed E-state index contributed by atoms with van der Waals surface area (Å²) in [6, 6.07) is 8.15. The van der Waals surface area contributed by atoms with E-state index < -0.39 is 0 Å². The molecule has 0 saturated carbocycles. The lowest BCUT2D eigenvalue weighted by Crippen LogP contribution is -2.27. The third-order valence-corrected chi connectivity index (χ3v) is 4.22. The van der Waals surface area contributed by atoms with Gasteiger partial charge in [-0.3, -0.25) is 4.79 Å². The van der Waals surface area contributed by atoms with Crippen LogP contribution >= 0.6 is 28.3 Å². The zero-order valence-corrected chi connectivity index (χ0v) is 14.1. The van der Waals surface area contributed by atoms with Crippen LogP contribution in [0.4, 0.5) is 0 Å². The standard InChI is InChI=1S/C15H21BrN2O.ClH/c1-11(13-3-5-14(16)6-4-13)18-15(19)7-2-12-8-9-17-10-12;/h3-6,11-12,17H,2,7-10H2,1H3,(H,18,19);1H. The molecule has 1 heterocycles. The van der Waals surface area contributed by atoms with Crippen molar-refractivity contribution in [3.05, 3.63) is 34.3 Å². The molecule has 1 amide bonds. The van der Waals surface area contributed by atoms with Gasteiger partial charge in [-0.15, -0.1) is 12.4 Å². The van der Waals surface area contributed by atoms with Crippen molar-refractivity contribution in [2.75, 3.05) is 13.1 Å². The van der Waals surface area contributed by atoms with Crippen molar-refractivity contribution in [1.82, 2.24) is 10.6 Å². The molecule has 0 aliphatic carbocycles. The van der Waals surface area contributed by atoms with E-state index in [1.54, 1.807) is 0 Å². The lowest BCUT2D eigenvalue weighted by atomic mass is 10.0. The van der Waals surface area contributed by atoms with Crippen LogP contribution in [0, 0.1) is 5.92 Å². The Morgan fingerprint density at radius 3 is 2.75 bits per heavy atom. The minimum Gasteiger partial charge on any atom is -0.350 e. The van der Waals surface area contributed by atoms with E-state index >= 15 is 0 Å². The average molecular weight is 362 g/mol. The van der Waals surface area contributed by atoms with Gasteiger partial charge < -0.3 is 10.6 Å². The summed E-state index contributed by atoms with van der Waals surface area (Å²) in [5, 5.41) is 6.40. The highest BCUT2D eigenvalue weighted by atomic mass is 79.9. The Hall–Kier alpha value is -0.580. The summed E-state index contributed by atoms with van der Waals surface area (Å²) in [5.74, 6) is 0.830. The number of nitrogens with one attached hydrogen (secondary N) is 2. The van der Waals surface area contributed by atoms with Gasteiger partial charge in [-0.1, -0.05) is 28.1 Å². The fraction of sp³-hybridized carbons (Fsp3) is 0.533. The molecule has 0 aromatic heterocycles. The molecule has 0 radical (unpaired) electrons. The zero-order chi connectivity index (χ0) is 13.7. The molecule has 1 aromatic carbocycles. The van der Waals surface area contributed by atoms with E-state index in [2.05, 4.69) is 26.6 Å². The fourth-order valence-electron chi connectivity index (χ4n) is 2.44. The predicted molar refractivity (Wildman–Crippen MR) is 88.2 cm³/mol. The normalized spacial score (nSPS) is 19.2. The molecule has 2 unspecified atom stereocenters. The van der Waals surface area contributed by atoms with E-state index in [-0.39, 0.29) is 24.4 Å². The molecule has 112 valence electrons. The van der Waals surface area contributed by atoms with E-state index in [4.69, 9.17) is 0 Å². The molecule has 1 saturated heterocycles. The van der Waals surface area contributed by atoms with Gasteiger partial charge in [0.25, 0.3) is 0 Å². The highest BCUT2D eigenvalue weighted by Crippen LogP contribution is 2.18. The summed E-state index contributed by atoms with van der Waals surface area (Å²) in [4.78, 5) is 11.9. The summed E-state index contributed by atoms with van der Waals surface area (Å²) in [6.45, 7) is 4.19. The molecule has 1 fully saturated rings. The third kappa shape index (κ3) is 5.43. The number of hydrogen-bond acceptors (Lipinski definition) is 2. The second-order valence-electron chi connectivity index (χ2n) is 5.24. The van der Waals surface area contributed by atoms with E-state index in [9.17, 15) is 4.79 Å². The Labute approximate surface area is 135 Å². The maximum Gasteiger partial charge on any atom is 0.220 e. The highest BCUT2D eigenvalue weighted by molar-refractivity contribution is 9.10. The van der Waals surface area contributed by atoms with Gasteiger partial charge in [0.1, 0.15) is 0 Å². The van der Waals surface area contributed by atoms with Crippen LogP contribution < -0.4 is 10.6 Å². The SMILES string of the molecule is CC(NC(=O)CCC1CCNC1)c1ccc(Br)cc1.Cl. The molecule has 1 aromatic rings. The monoisotopic (exact) mass is 360 g/mol. The van der Waals surface area contributed by atoms with E-state index in [1.807, 2.05) is 31.2 Å². The van der Waals surface area contributed by atoms with Crippen LogP contribution in [0.25, 0.3) is 0 Å². The van der Waals surface area contributed by atoms with Gasteiger partial charge >= 0.3 is 0 Å². The number of carbonyl (C=O) groups is 1. The van der Waals surface area contributed by atoms with Crippen LogP contribution in [0.2, 0.25) is 0 Å². The molecule has 1 aliphatic heterocycles. The number of rotatable bonds is 5. The van der Waals surface area contributed by atoms with Crippen LogP contribution in [0.1, 0.15) is 37.8 Å². The number of benzene rings is 1. The van der Waals surface area contributed by atoms with Crippen LogP contribution in [0.15, 0.2) is 28.7 Å². The van der Waals surface area contributed by atoms with Gasteiger partial charge in [-0.25, -0.2) is 0 Å². The topological polar surface area (TPSA) is 41.1 Å². The Kier molecular flexibility index (Phi) is 7.56. The van der Waals surface area contributed by atoms with E-state index in [0.29, 0.717) is 12.3 Å². The van der Waals surface area contributed by atoms with Gasteiger partial charge in [0.2, 0.25) is 5.91 Å². The van der Waals surface area contributed by atoms with Gasteiger partial charge in [-0.2, -0.15) is 0 Å². The first-order chi connectivity index (χ1) is 9.15. The number of amides is 1. The third-order valence-electron chi connectivity index (χ3n) is 3.69. The van der Waals surface area contributed by atoms with Crippen molar-refractivity contribution in [2.24, 2.45) is 5.92 Å². The van der Waals surface area contributed by atoms with Crippen LogP contribution in [-0.2, 0) is 4.79 Å². The molecule has 2 N–H and O–H groups in total.